The van der Waals surface area contributed by atoms with E-state index >= 15 is 0 Å². The molecule has 0 aliphatic carbocycles. The third kappa shape index (κ3) is 5.23. The van der Waals surface area contributed by atoms with E-state index in [4.69, 9.17) is 9.47 Å². The maximum absolute atomic E-state index is 11.8. The predicted octanol–water partition coefficient (Wildman–Crippen LogP) is 0.726. The van der Waals surface area contributed by atoms with E-state index in [0.717, 1.165) is 5.56 Å². The largest absolute Gasteiger partial charge is 0.493 e. The highest BCUT2D eigenvalue weighted by molar-refractivity contribution is 5.93. The normalized spacial score (nSPS) is 10.4. The predicted molar refractivity (Wildman–Crippen MR) is 95.6 cm³/mol. The number of carbonyl (C=O) groups is 2. The molecule has 0 fully saturated rings. The number of methoxy groups -OCH3 is 2. The molecule has 2 N–H and O–H groups in total. The standard InChI is InChI=1S/C18H19N3O5/c1-25-14-8-6-13(11-15(14)26-2)7-9-16(22)19-20-17(23)12-21-10-4-3-5-18(21)24/h3-11H,12H2,1-2H3,(H,19,22)(H,20,23)/b9-7+. The van der Waals surface area contributed by atoms with Gasteiger partial charge in [0.2, 0.25) is 0 Å². The number of rotatable bonds is 6. The van der Waals surface area contributed by atoms with Gasteiger partial charge in [0, 0.05) is 18.3 Å². The number of hydrogen-bond donors (Lipinski definition) is 2. The van der Waals surface area contributed by atoms with Crippen LogP contribution in [0.3, 0.4) is 0 Å². The highest BCUT2D eigenvalue weighted by Crippen LogP contribution is 2.27. The SMILES string of the molecule is COc1ccc(/C=C/C(=O)NNC(=O)Cn2ccccc2=O)cc1OC. The van der Waals surface area contributed by atoms with Crippen LogP contribution in [0.5, 0.6) is 11.5 Å². The van der Waals surface area contributed by atoms with E-state index in [9.17, 15) is 14.4 Å². The lowest BCUT2D eigenvalue weighted by Gasteiger charge is -2.08. The molecule has 0 bridgehead atoms. The third-order valence-corrected chi connectivity index (χ3v) is 3.37. The van der Waals surface area contributed by atoms with Gasteiger partial charge in [0.15, 0.2) is 11.5 Å². The van der Waals surface area contributed by atoms with E-state index in [1.807, 2.05) is 0 Å². The number of ether oxygens (including phenoxy) is 2. The van der Waals surface area contributed by atoms with Crippen molar-refractivity contribution in [1.82, 2.24) is 15.4 Å². The molecule has 1 heterocycles. The van der Waals surface area contributed by atoms with Crippen molar-refractivity contribution in [3.63, 3.8) is 0 Å². The van der Waals surface area contributed by atoms with Gasteiger partial charge in [-0.05, 0) is 29.8 Å². The molecule has 1 aromatic heterocycles. The molecule has 1 aromatic carbocycles. The number of carbonyl (C=O) groups excluding carboxylic acids is 2. The zero-order chi connectivity index (χ0) is 18.9. The van der Waals surface area contributed by atoms with Crippen molar-refractivity contribution in [2.45, 2.75) is 6.54 Å². The van der Waals surface area contributed by atoms with Crippen LogP contribution in [-0.2, 0) is 16.1 Å². The highest BCUT2D eigenvalue weighted by Gasteiger charge is 2.05. The quantitative estimate of drug-likeness (QED) is 0.586. The maximum atomic E-state index is 11.8. The van der Waals surface area contributed by atoms with Crippen LogP contribution in [-0.4, -0.2) is 30.6 Å². The van der Waals surface area contributed by atoms with E-state index in [2.05, 4.69) is 10.9 Å². The van der Waals surface area contributed by atoms with Crippen LogP contribution in [0.25, 0.3) is 6.08 Å². The third-order valence-electron chi connectivity index (χ3n) is 3.37. The van der Waals surface area contributed by atoms with Crippen molar-refractivity contribution in [3.05, 3.63) is 64.6 Å². The average Bonchev–Trinajstić information content (AvgIpc) is 2.66. The first-order valence-corrected chi connectivity index (χ1v) is 7.68. The van der Waals surface area contributed by atoms with Crippen molar-refractivity contribution in [2.75, 3.05) is 14.2 Å². The molecule has 0 aliphatic heterocycles. The van der Waals surface area contributed by atoms with E-state index in [1.54, 1.807) is 36.4 Å². The molecule has 0 saturated heterocycles. The molecular weight excluding hydrogens is 338 g/mol. The maximum Gasteiger partial charge on any atom is 0.262 e. The summed E-state index contributed by atoms with van der Waals surface area (Å²) >= 11 is 0. The number of pyridine rings is 1. The number of hydrogen-bond acceptors (Lipinski definition) is 5. The smallest absolute Gasteiger partial charge is 0.262 e. The first-order valence-electron chi connectivity index (χ1n) is 7.68. The minimum absolute atomic E-state index is 0.195. The Morgan fingerprint density at radius 2 is 1.85 bits per heavy atom. The van der Waals surface area contributed by atoms with Crippen LogP contribution in [0, 0.1) is 0 Å². The number of nitrogens with one attached hydrogen (secondary N) is 2. The number of amides is 2. The van der Waals surface area contributed by atoms with Crippen molar-refractivity contribution < 1.29 is 19.1 Å². The van der Waals surface area contributed by atoms with Crippen LogP contribution in [0.1, 0.15) is 5.56 Å². The summed E-state index contributed by atoms with van der Waals surface area (Å²) in [5, 5.41) is 0. The topological polar surface area (TPSA) is 98.7 Å². The lowest BCUT2D eigenvalue weighted by atomic mass is 10.2. The molecule has 0 spiro atoms. The van der Waals surface area contributed by atoms with Gasteiger partial charge in [-0.3, -0.25) is 25.2 Å². The summed E-state index contributed by atoms with van der Waals surface area (Å²) in [6.45, 7) is -0.195. The fraction of sp³-hybridized carbons (Fsp3) is 0.167. The van der Waals surface area contributed by atoms with Crippen molar-refractivity contribution in [3.8, 4) is 11.5 Å². The van der Waals surface area contributed by atoms with Gasteiger partial charge >= 0.3 is 0 Å². The fourth-order valence-electron chi connectivity index (χ4n) is 2.09. The summed E-state index contributed by atoms with van der Waals surface area (Å²) in [6, 6.07) is 9.75. The molecule has 2 amide bonds. The number of nitrogens with zero attached hydrogens (tertiary/aromatic N) is 1. The van der Waals surface area contributed by atoms with Gasteiger partial charge in [-0.1, -0.05) is 12.1 Å². The van der Waals surface area contributed by atoms with Gasteiger partial charge in [-0.25, -0.2) is 0 Å². The Morgan fingerprint density at radius 3 is 2.54 bits per heavy atom. The Hall–Kier alpha value is -3.55. The van der Waals surface area contributed by atoms with Crippen LogP contribution in [0.2, 0.25) is 0 Å². The fourth-order valence-corrected chi connectivity index (χ4v) is 2.09. The molecular formula is C18H19N3O5. The highest BCUT2D eigenvalue weighted by atomic mass is 16.5. The molecule has 0 atom stereocenters. The monoisotopic (exact) mass is 357 g/mol. The van der Waals surface area contributed by atoms with Crippen LogP contribution in [0.4, 0.5) is 0 Å². The second kappa shape index (κ2) is 9.07. The molecule has 8 heteroatoms. The Labute approximate surface area is 150 Å². The van der Waals surface area contributed by atoms with Gasteiger partial charge in [-0.15, -0.1) is 0 Å². The summed E-state index contributed by atoms with van der Waals surface area (Å²) in [5.74, 6) is 0.0777. The number of aromatic nitrogens is 1. The van der Waals surface area contributed by atoms with Crippen LogP contribution < -0.4 is 25.9 Å². The summed E-state index contributed by atoms with van der Waals surface area (Å²) in [4.78, 5) is 35.1. The summed E-state index contributed by atoms with van der Waals surface area (Å²) in [7, 11) is 3.05. The molecule has 0 saturated carbocycles. The molecule has 8 nitrogen and oxygen atoms in total. The molecule has 2 rings (SSSR count). The summed E-state index contributed by atoms with van der Waals surface area (Å²) < 4.78 is 11.5. The van der Waals surface area contributed by atoms with Gasteiger partial charge in [-0.2, -0.15) is 0 Å². The molecule has 0 radical (unpaired) electrons. The van der Waals surface area contributed by atoms with E-state index in [1.165, 1.54) is 37.1 Å². The Bertz CT molecular complexity index is 873. The molecule has 26 heavy (non-hydrogen) atoms. The zero-order valence-electron chi connectivity index (χ0n) is 14.4. The lowest BCUT2D eigenvalue weighted by molar-refractivity contribution is -0.127. The first kappa shape index (κ1) is 18.8. The van der Waals surface area contributed by atoms with Gasteiger partial charge < -0.3 is 14.0 Å². The number of benzene rings is 1. The Kier molecular flexibility index (Phi) is 6.55. The van der Waals surface area contributed by atoms with Gasteiger partial charge in [0.25, 0.3) is 17.4 Å². The molecule has 0 aliphatic rings. The van der Waals surface area contributed by atoms with Crippen molar-refractivity contribution in [2.24, 2.45) is 0 Å². The molecule has 0 unspecified atom stereocenters. The second-order valence-corrected chi connectivity index (χ2v) is 5.15. The minimum atomic E-state index is -0.522. The Morgan fingerprint density at radius 1 is 1.08 bits per heavy atom. The Balaban J connectivity index is 1.88. The lowest BCUT2D eigenvalue weighted by Crippen LogP contribution is -2.43. The van der Waals surface area contributed by atoms with Crippen LogP contribution >= 0.6 is 0 Å². The van der Waals surface area contributed by atoms with E-state index < -0.39 is 11.8 Å². The first-order chi connectivity index (χ1) is 12.5. The second-order valence-electron chi connectivity index (χ2n) is 5.15. The molecule has 2 aromatic rings. The van der Waals surface area contributed by atoms with Gasteiger partial charge in [0.05, 0.1) is 14.2 Å². The minimum Gasteiger partial charge on any atom is -0.493 e. The zero-order valence-corrected chi connectivity index (χ0v) is 14.4. The number of hydrazine groups is 1. The van der Waals surface area contributed by atoms with E-state index in [-0.39, 0.29) is 12.1 Å². The molecule has 136 valence electrons. The van der Waals surface area contributed by atoms with Crippen molar-refractivity contribution in [1.29, 1.82) is 0 Å². The van der Waals surface area contributed by atoms with Crippen LogP contribution in [0.15, 0.2) is 53.5 Å². The summed E-state index contributed by atoms with van der Waals surface area (Å²) in [6.07, 6.45) is 4.31. The van der Waals surface area contributed by atoms with Crippen molar-refractivity contribution >= 4 is 17.9 Å². The summed E-state index contributed by atoms with van der Waals surface area (Å²) in [5.41, 5.74) is 4.91. The average molecular weight is 357 g/mol. The van der Waals surface area contributed by atoms with Gasteiger partial charge in [0.1, 0.15) is 6.54 Å². The van der Waals surface area contributed by atoms with E-state index in [0.29, 0.717) is 11.5 Å².